The van der Waals surface area contributed by atoms with Gasteiger partial charge in [0.05, 0.1) is 5.92 Å². The molecule has 0 spiro atoms. The molecular formula is C14H18ClNO2. The normalized spacial score (nSPS) is 23.8. The van der Waals surface area contributed by atoms with Gasteiger partial charge in [0, 0.05) is 17.6 Å². The molecule has 18 heavy (non-hydrogen) atoms. The van der Waals surface area contributed by atoms with E-state index < -0.39 is 5.97 Å². The van der Waals surface area contributed by atoms with E-state index in [1.807, 2.05) is 24.3 Å². The van der Waals surface area contributed by atoms with Crippen molar-refractivity contribution in [1.82, 2.24) is 5.32 Å². The van der Waals surface area contributed by atoms with Gasteiger partial charge in [-0.15, -0.1) is 0 Å². The number of halogens is 1. The van der Waals surface area contributed by atoms with Crippen molar-refractivity contribution in [3.05, 3.63) is 34.9 Å². The fourth-order valence-corrected chi connectivity index (χ4v) is 2.78. The number of benzene rings is 1. The summed E-state index contributed by atoms with van der Waals surface area (Å²) >= 11 is 5.92. The lowest BCUT2D eigenvalue weighted by molar-refractivity contribution is -0.143. The van der Waals surface area contributed by atoms with Gasteiger partial charge >= 0.3 is 5.97 Å². The Morgan fingerprint density at radius 3 is 2.89 bits per heavy atom. The third-order valence-electron chi connectivity index (χ3n) is 3.54. The van der Waals surface area contributed by atoms with Crippen LogP contribution >= 0.6 is 11.6 Å². The Morgan fingerprint density at radius 1 is 1.39 bits per heavy atom. The molecule has 2 rings (SSSR count). The second-order valence-electron chi connectivity index (χ2n) is 4.85. The largest absolute Gasteiger partial charge is 0.481 e. The summed E-state index contributed by atoms with van der Waals surface area (Å²) in [6.07, 6.45) is 3.85. The lowest BCUT2D eigenvalue weighted by atomic mass is 9.84. The maximum absolute atomic E-state index is 11.2. The molecule has 0 aromatic heterocycles. The average molecular weight is 268 g/mol. The maximum Gasteiger partial charge on any atom is 0.308 e. The minimum atomic E-state index is -0.682. The molecule has 1 fully saturated rings. The molecule has 1 aliphatic rings. The molecule has 2 N–H and O–H groups in total. The summed E-state index contributed by atoms with van der Waals surface area (Å²) in [6.45, 7) is 0.676. The topological polar surface area (TPSA) is 49.3 Å². The van der Waals surface area contributed by atoms with Crippen molar-refractivity contribution >= 4 is 17.6 Å². The molecule has 0 bridgehead atoms. The van der Waals surface area contributed by atoms with E-state index in [0.717, 1.165) is 31.2 Å². The number of carboxylic acid groups (broad SMARTS) is 1. The number of carboxylic acids is 1. The molecule has 0 amide bonds. The molecule has 0 saturated heterocycles. The molecular weight excluding hydrogens is 250 g/mol. The third kappa shape index (κ3) is 3.47. The Balaban J connectivity index is 1.93. The first-order valence-electron chi connectivity index (χ1n) is 6.37. The van der Waals surface area contributed by atoms with Crippen LogP contribution in [0.5, 0.6) is 0 Å². The van der Waals surface area contributed by atoms with E-state index in [9.17, 15) is 9.90 Å². The second kappa shape index (κ2) is 6.21. The molecule has 0 radical (unpaired) electrons. The highest BCUT2D eigenvalue weighted by Gasteiger charge is 2.30. The van der Waals surface area contributed by atoms with Crippen LogP contribution < -0.4 is 5.32 Å². The lowest BCUT2D eigenvalue weighted by Crippen LogP contribution is -2.41. The summed E-state index contributed by atoms with van der Waals surface area (Å²) in [5.74, 6) is -0.934. The highest BCUT2D eigenvalue weighted by molar-refractivity contribution is 6.30. The van der Waals surface area contributed by atoms with Crippen LogP contribution in [0.2, 0.25) is 5.02 Å². The number of carbonyl (C=O) groups is 1. The van der Waals surface area contributed by atoms with Crippen LogP contribution in [0.1, 0.15) is 31.2 Å². The van der Waals surface area contributed by atoms with Crippen molar-refractivity contribution in [1.29, 1.82) is 0 Å². The van der Waals surface area contributed by atoms with Crippen molar-refractivity contribution in [2.45, 2.75) is 38.3 Å². The summed E-state index contributed by atoms with van der Waals surface area (Å²) in [5, 5.41) is 13.3. The van der Waals surface area contributed by atoms with Crippen molar-refractivity contribution in [3.8, 4) is 0 Å². The van der Waals surface area contributed by atoms with Crippen molar-refractivity contribution in [3.63, 3.8) is 0 Å². The van der Waals surface area contributed by atoms with Crippen LogP contribution in [0.3, 0.4) is 0 Å². The van der Waals surface area contributed by atoms with Gasteiger partial charge in [0.2, 0.25) is 0 Å². The summed E-state index contributed by atoms with van der Waals surface area (Å²) < 4.78 is 0. The maximum atomic E-state index is 11.2. The van der Waals surface area contributed by atoms with Crippen LogP contribution in [0.25, 0.3) is 0 Å². The predicted molar refractivity (Wildman–Crippen MR) is 71.7 cm³/mol. The van der Waals surface area contributed by atoms with Crippen LogP contribution in [-0.4, -0.2) is 17.1 Å². The summed E-state index contributed by atoms with van der Waals surface area (Å²) in [4.78, 5) is 11.2. The summed E-state index contributed by atoms with van der Waals surface area (Å²) in [7, 11) is 0. The molecule has 98 valence electrons. The van der Waals surface area contributed by atoms with Gasteiger partial charge in [-0.1, -0.05) is 36.6 Å². The molecule has 0 aliphatic heterocycles. The van der Waals surface area contributed by atoms with Gasteiger partial charge in [-0.3, -0.25) is 4.79 Å². The van der Waals surface area contributed by atoms with Gasteiger partial charge in [0.15, 0.2) is 0 Å². The van der Waals surface area contributed by atoms with Crippen molar-refractivity contribution in [2.75, 3.05) is 0 Å². The number of nitrogens with one attached hydrogen (secondary N) is 1. The SMILES string of the molecule is O=C(O)C1CCCCC1NCc1cccc(Cl)c1. The highest BCUT2D eigenvalue weighted by atomic mass is 35.5. The third-order valence-corrected chi connectivity index (χ3v) is 3.78. The second-order valence-corrected chi connectivity index (χ2v) is 5.28. The molecule has 2 unspecified atom stereocenters. The molecule has 1 aromatic rings. The Labute approximate surface area is 112 Å². The number of hydrogen-bond acceptors (Lipinski definition) is 2. The van der Waals surface area contributed by atoms with Crippen LogP contribution in [0.4, 0.5) is 0 Å². The molecule has 2 atom stereocenters. The molecule has 1 saturated carbocycles. The first-order chi connectivity index (χ1) is 8.66. The van der Waals surface area contributed by atoms with E-state index in [2.05, 4.69) is 5.32 Å². The zero-order valence-electron chi connectivity index (χ0n) is 10.2. The number of hydrogen-bond donors (Lipinski definition) is 2. The smallest absolute Gasteiger partial charge is 0.308 e. The molecule has 1 aliphatic carbocycles. The Bertz CT molecular complexity index is 422. The minimum absolute atomic E-state index is 0.0789. The zero-order valence-corrected chi connectivity index (χ0v) is 11.0. The standard InChI is InChI=1S/C14H18ClNO2/c15-11-5-3-4-10(8-11)9-16-13-7-2-1-6-12(13)14(17)18/h3-5,8,12-13,16H,1-2,6-7,9H2,(H,17,18). The van der Waals surface area contributed by atoms with Gasteiger partial charge in [-0.2, -0.15) is 0 Å². The van der Waals surface area contributed by atoms with Gasteiger partial charge in [0.1, 0.15) is 0 Å². The van der Waals surface area contributed by atoms with E-state index in [0.29, 0.717) is 11.6 Å². The van der Waals surface area contributed by atoms with Gasteiger partial charge in [-0.25, -0.2) is 0 Å². The van der Waals surface area contributed by atoms with Crippen LogP contribution in [-0.2, 0) is 11.3 Å². The number of rotatable bonds is 4. The van der Waals surface area contributed by atoms with E-state index in [1.165, 1.54) is 0 Å². The lowest BCUT2D eigenvalue weighted by Gasteiger charge is -2.29. The van der Waals surface area contributed by atoms with Crippen molar-refractivity contribution in [2.24, 2.45) is 5.92 Å². The fourth-order valence-electron chi connectivity index (χ4n) is 2.57. The van der Waals surface area contributed by atoms with Crippen LogP contribution in [0.15, 0.2) is 24.3 Å². The van der Waals surface area contributed by atoms with Gasteiger partial charge < -0.3 is 10.4 Å². The Morgan fingerprint density at radius 2 is 2.17 bits per heavy atom. The Kier molecular flexibility index (Phi) is 4.61. The molecule has 3 nitrogen and oxygen atoms in total. The first kappa shape index (κ1) is 13.4. The van der Waals surface area contributed by atoms with E-state index in [1.54, 1.807) is 0 Å². The van der Waals surface area contributed by atoms with Gasteiger partial charge in [0.25, 0.3) is 0 Å². The molecule has 0 heterocycles. The van der Waals surface area contributed by atoms with E-state index >= 15 is 0 Å². The summed E-state index contributed by atoms with van der Waals surface area (Å²) in [5.41, 5.74) is 1.09. The van der Waals surface area contributed by atoms with Crippen LogP contribution in [0, 0.1) is 5.92 Å². The highest BCUT2D eigenvalue weighted by Crippen LogP contribution is 2.25. The van der Waals surface area contributed by atoms with Crippen molar-refractivity contribution < 1.29 is 9.90 Å². The predicted octanol–water partition coefficient (Wildman–Crippen LogP) is 3.07. The Hall–Kier alpha value is -1.06. The summed E-state index contributed by atoms with van der Waals surface area (Å²) in [6, 6.07) is 7.74. The zero-order chi connectivity index (χ0) is 13.0. The molecule has 1 aromatic carbocycles. The molecule has 4 heteroatoms. The fraction of sp³-hybridized carbons (Fsp3) is 0.500. The monoisotopic (exact) mass is 267 g/mol. The average Bonchev–Trinajstić information content (AvgIpc) is 2.37. The quantitative estimate of drug-likeness (QED) is 0.881. The number of aliphatic carboxylic acids is 1. The first-order valence-corrected chi connectivity index (χ1v) is 6.75. The minimum Gasteiger partial charge on any atom is -0.481 e. The van der Waals surface area contributed by atoms with Gasteiger partial charge in [-0.05, 0) is 30.5 Å². The van der Waals surface area contributed by atoms with E-state index in [4.69, 9.17) is 11.6 Å². The van der Waals surface area contributed by atoms with E-state index in [-0.39, 0.29) is 12.0 Å².